The number of benzene rings is 1. The van der Waals surface area contributed by atoms with Crippen molar-refractivity contribution >= 4 is 17.2 Å². The molecule has 20 heavy (non-hydrogen) atoms. The van der Waals surface area contributed by atoms with E-state index in [0.717, 1.165) is 19.6 Å². The van der Waals surface area contributed by atoms with Crippen LogP contribution in [-0.4, -0.2) is 54.6 Å². The molecule has 4 heteroatoms. The zero-order valence-electron chi connectivity index (χ0n) is 12.5. The molecule has 0 aliphatic carbocycles. The van der Waals surface area contributed by atoms with Crippen LogP contribution in [0.5, 0.6) is 0 Å². The normalized spacial score (nSPS) is 19.1. The van der Waals surface area contributed by atoms with Crippen molar-refractivity contribution in [1.82, 2.24) is 9.80 Å². The predicted molar refractivity (Wildman–Crippen MR) is 89.1 cm³/mol. The van der Waals surface area contributed by atoms with Crippen molar-refractivity contribution in [2.45, 2.75) is 24.8 Å². The summed E-state index contributed by atoms with van der Waals surface area (Å²) in [6, 6.07) is 11.1. The Morgan fingerprint density at radius 3 is 2.40 bits per heavy atom. The molecule has 1 aliphatic heterocycles. The minimum Gasteiger partial charge on any atom is -0.393 e. The van der Waals surface area contributed by atoms with E-state index < -0.39 is 0 Å². The molecule has 2 rings (SSSR count). The lowest BCUT2D eigenvalue weighted by Crippen LogP contribution is -2.44. The van der Waals surface area contributed by atoms with Crippen LogP contribution >= 0.6 is 12.2 Å². The van der Waals surface area contributed by atoms with Gasteiger partial charge in [0.15, 0.2) is 0 Å². The van der Waals surface area contributed by atoms with E-state index in [-0.39, 0.29) is 5.92 Å². The van der Waals surface area contributed by atoms with Crippen LogP contribution in [0.4, 0.5) is 0 Å². The third-order valence-corrected chi connectivity index (χ3v) is 4.56. The first kappa shape index (κ1) is 15.4. The van der Waals surface area contributed by atoms with Crippen molar-refractivity contribution in [2.24, 2.45) is 5.73 Å². The summed E-state index contributed by atoms with van der Waals surface area (Å²) in [5.74, 6) is 0.169. The van der Waals surface area contributed by atoms with E-state index in [0.29, 0.717) is 11.0 Å². The monoisotopic (exact) mass is 291 g/mol. The fourth-order valence-corrected chi connectivity index (χ4v) is 3.13. The van der Waals surface area contributed by atoms with Crippen LogP contribution in [0.3, 0.4) is 0 Å². The maximum absolute atomic E-state index is 5.96. The largest absolute Gasteiger partial charge is 0.393 e. The topological polar surface area (TPSA) is 32.5 Å². The molecule has 3 nitrogen and oxygen atoms in total. The molecular weight excluding hydrogens is 266 g/mol. The van der Waals surface area contributed by atoms with E-state index in [9.17, 15) is 0 Å². The Bertz CT molecular complexity index is 425. The Morgan fingerprint density at radius 2 is 1.90 bits per heavy atom. The average Bonchev–Trinajstić information content (AvgIpc) is 2.46. The van der Waals surface area contributed by atoms with Crippen molar-refractivity contribution in [2.75, 3.05) is 33.7 Å². The van der Waals surface area contributed by atoms with Gasteiger partial charge in [0.2, 0.25) is 0 Å². The van der Waals surface area contributed by atoms with Crippen molar-refractivity contribution in [3.8, 4) is 0 Å². The zero-order valence-corrected chi connectivity index (χ0v) is 13.3. The maximum atomic E-state index is 5.96. The van der Waals surface area contributed by atoms with Crippen molar-refractivity contribution in [1.29, 1.82) is 0 Å². The van der Waals surface area contributed by atoms with Gasteiger partial charge in [-0.1, -0.05) is 42.5 Å². The van der Waals surface area contributed by atoms with Gasteiger partial charge in [0.1, 0.15) is 0 Å². The molecule has 0 saturated carbocycles. The zero-order chi connectivity index (χ0) is 14.5. The molecule has 2 N–H and O–H groups in total. The van der Waals surface area contributed by atoms with E-state index in [1.54, 1.807) is 0 Å². The molecule has 1 atom stereocenters. The minimum atomic E-state index is 0.169. The smallest absolute Gasteiger partial charge is 0.0816 e. The molecule has 110 valence electrons. The van der Waals surface area contributed by atoms with Crippen molar-refractivity contribution in [3.63, 3.8) is 0 Å². The number of likely N-dealkylation sites (tertiary alicyclic amines) is 1. The van der Waals surface area contributed by atoms with Gasteiger partial charge in [-0.05, 0) is 45.6 Å². The van der Waals surface area contributed by atoms with Crippen molar-refractivity contribution in [3.05, 3.63) is 35.9 Å². The number of nitrogens with two attached hydrogens (primary N) is 1. The predicted octanol–water partition coefficient (Wildman–Crippen LogP) is 2.08. The summed E-state index contributed by atoms with van der Waals surface area (Å²) in [6.07, 6.45) is 2.46. The fourth-order valence-electron chi connectivity index (χ4n) is 2.92. The van der Waals surface area contributed by atoms with Gasteiger partial charge in [0.25, 0.3) is 0 Å². The van der Waals surface area contributed by atoms with Gasteiger partial charge in [0, 0.05) is 18.5 Å². The molecule has 1 aromatic rings. The van der Waals surface area contributed by atoms with Crippen LogP contribution < -0.4 is 5.73 Å². The number of hydrogen-bond acceptors (Lipinski definition) is 3. The maximum Gasteiger partial charge on any atom is 0.0816 e. The molecule has 0 radical (unpaired) electrons. The molecule has 1 unspecified atom stereocenters. The lowest BCUT2D eigenvalue weighted by atomic mass is 9.96. The molecule has 0 spiro atoms. The van der Waals surface area contributed by atoms with E-state index in [1.165, 1.54) is 18.4 Å². The molecule has 1 heterocycles. The minimum absolute atomic E-state index is 0.169. The number of nitrogens with zero attached hydrogens (tertiary/aromatic N) is 2. The summed E-state index contributed by atoms with van der Waals surface area (Å²) in [4.78, 5) is 5.43. The molecule has 1 aromatic carbocycles. The second-order valence-electron chi connectivity index (χ2n) is 5.86. The van der Waals surface area contributed by atoms with Crippen LogP contribution in [-0.2, 0) is 0 Å². The summed E-state index contributed by atoms with van der Waals surface area (Å²) in [7, 11) is 4.34. The highest BCUT2D eigenvalue weighted by Crippen LogP contribution is 2.21. The summed E-state index contributed by atoms with van der Waals surface area (Å²) in [6.45, 7) is 3.21. The van der Waals surface area contributed by atoms with Crippen LogP contribution in [0.15, 0.2) is 30.3 Å². The van der Waals surface area contributed by atoms with Gasteiger partial charge >= 0.3 is 0 Å². The summed E-state index contributed by atoms with van der Waals surface area (Å²) in [5.41, 5.74) is 7.19. The number of piperidine rings is 1. The number of hydrogen-bond donors (Lipinski definition) is 1. The highest BCUT2D eigenvalue weighted by atomic mass is 32.1. The number of rotatable bonds is 5. The lowest BCUT2D eigenvalue weighted by Gasteiger charge is -2.36. The third-order valence-electron chi connectivity index (χ3n) is 4.27. The van der Waals surface area contributed by atoms with E-state index in [4.69, 9.17) is 18.0 Å². The van der Waals surface area contributed by atoms with Crippen molar-refractivity contribution < 1.29 is 0 Å². The van der Waals surface area contributed by atoms with Crippen LogP contribution in [0, 0.1) is 0 Å². The number of thiocarbonyl (C=S) groups is 1. The summed E-state index contributed by atoms with van der Waals surface area (Å²) < 4.78 is 0. The van der Waals surface area contributed by atoms with Gasteiger partial charge in [-0.3, -0.25) is 0 Å². The second kappa shape index (κ2) is 7.16. The first-order chi connectivity index (χ1) is 9.58. The molecule has 0 bridgehead atoms. The molecule has 1 fully saturated rings. The lowest BCUT2D eigenvalue weighted by molar-refractivity contribution is 0.144. The molecular formula is C16H25N3S. The summed E-state index contributed by atoms with van der Waals surface area (Å²) >= 11 is 5.28. The quantitative estimate of drug-likeness (QED) is 0.842. The molecule has 1 aliphatic rings. The Labute approximate surface area is 127 Å². The highest BCUT2D eigenvalue weighted by molar-refractivity contribution is 7.80. The Kier molecular flexibility index (Phi) is 5.52. The Balaban J connectivity index is 1.95. The Hall–Kier alpha value is -0.970. The van der Waals surface area contributed by atoms with E-state index in [1.807, 2.05) is 6.07 Å². The van der Waals surface area contributed by atoms with Crippen LogP contribution in [0.25, 0.3) is 0 Å². The van der Waals surface area contributed by atoms with Gasteiger partial charge in [-0.15, -0.1) is 0 Å². The second-order valence-corrected chi connectivity index (χ2v) is 6.33. The van der Waals surface area contributed by atoms with Crippen LogP contribution in [0.1, 0.15) is 24.3 Å². The molecule has 1 saturated heterocycles. The standard InChI is InChI=1S/C16H25N3S/c1-18(2)14-8-10-19(11-9-14)12-15(16(17)20)13-6-4-3-5-7-13/h3-7,14-15H,8-12H2,1-2H3,(H2,17,20). The average molecular weight is 291 g/mol. The van der Waals surface area contributed by atoms with E-state index in [2.05, 4.69) is 48.2 Å². The Morgan fingerprint density at radius 1 is 1.30 bits per heavy atom. The van der Waals surface area contributed by atoms with Gasteiger partial charge < -0.3 is 15.5 Å². The van der Waals surface area contributed by atoms with E-state index >= 15 is 0 Å². The highest BCUT2D eigenvalue weighted by Gasteiger charge is 2.24. The van der Waals surface area contributed by atoms with Gasteiger partial charge in [-0.25, -0.2) is 0 Å². The first-order valence-electron chi connectivity index (χ1n) is 7.31. The fraction of sp³-hybridized carbons (Fsp3) is 0.562. The molecule has 0 aromatic heterocycles. The first-order valence-corrected chi connectivity index (χ1v) is 7.72. The summed E-state index contributed by atoms with van der Waals surface area (Å²) in [5, 5.41) is 0. The third kappa shape index (κ3) is 4.01. The van der Waals surface area contributed by atoms with Crippen LogP contribution in [0.2, 0.25) is 0 Å². The SMILES string of the molecule is CN(C)C1CCN(CC(C(N)=S)c2ccccc2)CC1. The van der Waals surface area contributed by atoms with Gasteiger partial charge in [-0.2, -0.15) is 0 Å². The molecule has 0 amide bonds. The van der Waals surface area contributed by atoms with Gasteiger partial charge in [0.05, 0.1) is 4.99 Å².